The number of aromatic nitrogens is 5. The summed E-state index contributed by atoms with van der Waals surface area (Å²) >= 11 is 0. The van der Waals surface area contributed by atoms with Crippen molar-refractivity contribution in [1.29, 1.82) is 0 Å². The van der Waals surface area contributed by atoms with Gasteiger partial charge in [0, 0.05) is 150 Å². The third-order valence-corrected chi connectivity index (χ3v) is 31.1. The first kappa shape index (κ1) is 101. The van der Waals surface area contributed by atoms with E-state index in [0.717, 1.165) is 194 Å². The minimum Gasteiger partial charge on any atom is -0.494 e. The van der Waals surface area contributed by atoms with Crippen molar-refractivity contribution in [1.82, 2.24) is 24.5 Å². The van der Waals surface area contributed by atoms with Crippen molar-refractivity contribution < 1.29 is 98.5 Å². The molecule has 15 aromatic rings. The topological polar surface area (TPSA) is 325 Å². The first-order valence-electron chi connectivity index (χ1n) is 51.9. The fraction of sp³-hybridized carbons (Fsp3) is 0.385. The van der Waals surface area contributed by atoms with Gasteiger partial charge < -0.3 is 98.6 Å². The van der Waals surface area contributed by atoms with E-state index >= 15 is 4.39 Å². The summed E-state index contributed by atoms with van der Waals surface area (Å²) in [6, 6.07) is 67.8. The maximum atomic E-state index is 15.4. The van der Waals surface area contributed by atoms with Gasteiger partial charge in [0.2, 0.25) is 37.2 Å². The number of nitrogens with one attached hydrogen (secondary N) is 8. The average Bonchev–Trinajstić information content (AvgIpc) is 1.58. The number of carbonyl (C=O) groups excluding carboxylic acids is 5. The Morgan fingerprint density at radius 1 is 0.393 bits per heavy atom. The second-order valence-electron chi connectivity index (χ2n) is 47.3. The number of hydrogen-bond donors (Lipinski definition) is 10. The van der Waals surface area contributed by atoms with Crippen molar-refractivity contribution in [2.45, 2.75) is 273 Å². The number of anilines is 4. The minimum atomic E-state index is -3.75. The molecular formula is C122H142F3N9O16. The number of halogens is 3. The Hall–Kier alpha value is -14.6. The fourth-order valence-corrected chi connectivity index (χ4v) is 21.0. The van der Waals surface area contributed by atoms with Crippen LogP contribution in [0, 0.1) is 5.82 Å². The normalized spacial score (nSPS) is 17.7. The van der Waals surface area contributed by atoms with Crippen LogP contribution in [-0.4, -0.2) is 110 Å². The first-order valence-corrected chi connectivity index (χ1v) is 51.9. The summed E-state index contributed by atoms with van der Waals surface area (Å²) in [4.78, 5) is 79.9. The first-order chi connectivity index (χ1) is 71.1. The number of aliphatic hydroxyl groups is 2. The molecule has 25 nitrogen and oxygen atoms in total. The van der Waals surface area contributed by atoms with Crippen LogP contribution in [0.15, 0.2) is 212 Å². The van der Waals surface area contributed by atoms with E-state index in [1.165, 1.54) is 40.7 Å². The average molecular weight is 2050 g/mol. The van der Waals surface area contributed by atoms with Gasteiger partial charge in [-0.1, -0.05) is 171 Å². The van der Waals surface area contributed by atoms with Crippen LogP contribution in [0.5, 0.6) is 51.7 Å². The molecule has 4 aliphatic heterocycles. The van der Waals surface area contributed by atoms with E-state index in [1.54, 1.807) is 23.8 Å². The van der Waals surface area contributed by atoms with E-state index in [9.17, 15) is 43.0 Å². The summed E-state index contributed by atoms with van der Waals surface area (Å²) in [7, 11) is 1.65. The van der Waals surface area contributed by atoms with Crippen molar-refractivity contribution in [2.24, 2.45) is 0 Å². The Kier molecular flexibility index (Phi) is 25.1. The number of hydrogen-bond acceptors (Lipinski definition) is 16. The third-order valence-electron chi connectivity index (χ3n) is 31.1. The van der Waals surface area contributed by atoms with E-state index in [1.807, 2.05) is 136 Å². The summed E-state index contributed by atoms with van der Waals surface area (Å²) in [5.74, 6) is 4.03. The highest BCUT2D eigenvalue weighted by Crippen LogP contribution is 2.59. The highest BCUT2D eigenvalue weighted by Gasteiger charge is 2.58. The molecule has 4 amide bonds. The van der Waals surface area contributed by atoms with E-state index in [0.29, 0.717) is 41.7 Å². The third kappa shape index (κ3) is 19.8. The SMILES string of the molecule is CC(C)(C)c1cc2cc(NC(=O)C3(c4ccc5c(c4)OC(F)(F)O5)CC3)cc(F)c2n1CC(O)CO.CC(C)(C)c1cc2cc(NC(=O)C3(c4ccc5c(c4)OC4(CCC4)O5)CC3)ccc2[nH]1.CC(C)(C)c1cc2cc(NC(=O)C3(c4ccccc4)CC3)ccc2[nH]1.CC(C)(C)c1cc2ccc(CC(=O)C3(c4ccc5c(c4)OCO5)CC3)cc2[nH]1.COc1cc(NC(=O)C2(c3ccc4c(c3)OCO4)CC2)cc2cc(C(C)(C)C)[nH]c12.[HH].[HH].[HH].[HH].[HH].[HH]. The second kappa shape index (κ2) is 37.2. The summed E-state index contributed by atoms with van der Waals surface area (Å²) in [6.45, 7) is 32.1. The summed E-state index contributed by atoms with van der Waals surface area (Å²) < 4.78 is 92.3. The van der Waals surface area contributed by atoms with Crippen LogP contribution in [-0.2, 0) is 91.1 Å². The number of H-pyrrole nitrogens is 4. The fourth-order valence-electron chi connectivity index (χ4n) is 21.0. The summed E-state index contributed by atoms with van der Waals surface area (Å²) in [5, 5.41) is 36.5. The predicted octanol–water partition coefficient (Wildman–Crippen LogP) is 26.7. The number of ketones is 1. The molecule has 1 spiro atoms. The molecule has 9 heterocycles. The quantitative estimate of drug-likeness (QED) is 0.0339. The molecule has 6 saturated carbocycles. The molecule has 25 rings (SSSR count). The number of amides is 4. The maximum Gasteiger partial charge on any atom is 0.586 e. The van der Waals surface area contributed by atoms with Crippen LogP contribution in [0.25, 0.3) is 54.5 Å². The Labute approximate surface area is 878 Å². The van der Waals surface area contributed by atoms with Crippen LogP contribution in [0.4, 0.5) is 35.9 Å². The number of ether oxygens (including phenoxy) is 9. The van der Waals surface area contributed by atoms with E-state index in [4.69, 9.17) is 33.2 Å². The lowest BCUT2D eigenvalue weighted by Crippen LogP contribution is -2.45. The number of aromatic amines is 4. The second-order valence-corrected chi connectivity index (χ2v) is 47.3. The van der Waals surface area contributed by atoms with Gasteiger partial charge in [0.15, 0.2) is 46.0 Å². The number of Topliss-reactive ketones (excluding diaryl/α,β-unsaturated/α-hetero) is 1. The molecule has 0 bridgehead atoms. The molecule has 6 aliphatic carbocycles. The lowest BCUT2D eigenvalue weighted by molar-refractivity contribution is -0.286. The molecule has 10 N–H and O–H groups in total. The molecule has 0 radical (unpaired) electrons. The zero-order valence-corrected chi connectivity index (χ0v) is 87.7. The highest BCUT2D eigenvalue weighted by molar-refractivity contribution is 6.07. The number of aliphatic hydroxyl groups excluding tert-OH is 2. The van der Waals surface area contributed by atoms with Crippen LogP contribution < -0.4 is 63.9 Å². The van der Waals surface area contributed by atoms with Crippen molar-refractivity contribution >= 4 is 107 Å². The summed E-state index contributed by atoms with van der Waals surface area (Å²) in [6.07, 6.45) is 6.64. The zero-order valence-electron chi connectivity index (χ0n) is 87.7. The monoisotopic (exact) mass is 2050 g/mol. The maximum absolute atomic E-state index is 15.4. The van der Waals surface area contributed by atoms with Crippen molar-refractivity contribution in [3.63, 3.8) is 0 Å². The summed E-state index contributed by atoms with van der Waals surface area (Å²) in [5.41, 5.74) is 15.6. The largest absolute Gasteiger partial charge is 0.586 e. The zero-order chi connectivity index (χ0) is 106. The van der Waals surface area contributed by atoms with Crippen molar-refractivity contribution in [3.05, 3.63) is 280 Å². The van der Waals surface area contributed by atoms with Crippen LogP contribution in [0.1, 0.15) is 258 Å². The van der Waals surface area contributed by atoms with E-state index in [2.05, 4.69) is 200 Å². The molecule has 10 aromatic carbocycles. The molecule has 6 fully saturated rings. The number of alkyl halides is 2. The van der Waals surface area contributed by atoms with Gasteiger partial charge in [0.05, 0.1) is 64.5 Å². The Morgan fingerprint density at radius 3 is 1.27 bits per heavy atom. The van der Waals surface area contributed by atoms with Gasteiger partial charge in [-0.05, 0) is 249 Å². The predicted molar refractivity (Wildman–Crippen MR) is 587 cm³/mol. The number of carbonyl (C=O) groups is 5. The van der Waals surface area contributed by atoms with Crippen molar-refractivity contribution in [2.75, 3.05) is 48.6 Å². The van der Waals surface area contributed by atoms with E-state index < -0.39 is 46.9 Å². The number of fused-ring (bicyclic) bond motifs is 9. The van der Waals surface area contributed by atoms with E-state index in [-0.39, 0.29) is 119 Å². The lowest BCUT2D eigenvalue weighted by atomic mass is 9.87. The highest BCUT2D eigenvalue weighted by atomic mass is 19.3. The van der Waals surface area contributed by atoms with Gasteiger partial charge in [-0.3, -0.25) is 24.0 Å². The molecule has 792 valence electrons. The standard InChI is InChI=1S/C26H27F3N2O5.C26H28N2O3.C24H26N2O4.C24H25NO3.C22H24N2O.6H2/c1-24(2,3)21-9-14-8-16(11-18(27)22(14)31(21)12-17(33)13-32)30-23(34)25(6-7-25)15-4-5-19-20(10-15)36-26(28,29)35-19;1-24(2,3)22-14-16-13-18(6-7-19(16)28-22)27-23(29)25(11-12-25)17-5-8-20-21(15-17)31-26(30-20)9-4-10-26;1-23(2,3)20-10-14-9-16(12-19(28-4)21(14)26-20)25-22(27)24(7-8-24)15-5-6-17-18(11-15)30-13-29-17;1-23(2,3)21-12-16-5-4-15(10-18(16)25-21)11-22(26)24(8-9-24)17-6-7-19-20(13-17)28-14-27-19;1-21(2,3)19-14-15-13-17(9-10-18(15)24-19)23-20(25)22(11-12-22)16-7-5-4-6-8-16;;;;;;/h4-5,8-11,17,32-33H,6-7,12-13H2,1-3H3,(H,30,34);5-8,13-15,28H,4,9-12H2,1-3H3,(H,27,29);5-6,9-12,26H,7-8,13H2,1-4H3,(H,25,27);4-7,10,12-13,25H,8-9,11,14H2,1-3H3;4-10,13-14,24H,11-12H2,1-3H3,(H,23,25);6*1H. The van der Waals surface area contributed by atoms with Gasteiger partial charge in [-0.2, -0.15) is 0 Å². The Morgan fingerprint density at radius 2 is 0.800 bits per heavy atom. The van der Waals surface area contributed by atoms with Crippen LogP contribution >= 0.6 is 0 Å². The lowest BCUT2D eigenvalue weighted by Gasteiger charge is -2.35. The van der Waals surface area contributed by atoms with Gasteiger partial charge >= 0.3 is 6.29 Å². The molecule has 1 unspecified atom stereocenters. The molecular weight excluding hydrogens is 1900 g/mol. The van der Waals surface area contributed by atoms with Gasteiger partial charge in [-0.15, -0.1) is 8.78 Å². The minimum absolute atomic E-state index is 0. The smallest absolute Gasteiger partial charge is 0.494 e. The van der Waals surface area contributed by atoms with Gasteiger partial charge in [0.25, 0.3) is 5.79 Å². The Balaban J connectivity index is 0.000000144. The van der Waals surface area contributed by atoms with Crippen molar-refractivity contribution in [3.8, 4) is 51.7 Å². The molecule has 0 saturated heterocycles. The molecule has 1 atom stereocenters. The molecule has 150 heavy (non-hydrogen) atoms. The molecule has 10 aliphatic rings. The number of methoxy groups -OCH3 is 1. The number of nitrogens with zero attached hydrogens (tertiary/aromatic N) is 1. The molecule has 28 heteroatoms. The number of benzene rings is 10. The number of rotatable bonds is 20. The van der Waals surface area contributed by atoms with Gasteiger partial charge in [0.1, 0.15) is 17.3 Å². The van der Waals surface area contributed by atoms with Crippen LogP contribution in [0.2, 0.25) is 0 Å². The Bertz CT molecular complexity index is 7890. The molecule has 5 aromatic heterocycles. The van der Waals surface area contributed by atoms with Crippen LogP contribution in [0.3, 0.4) is 0 Å². The van der Waals surface area contributed by atoms with Gasteiger partial charge in [-0.25, -0.2) is 4.39 Å².